The molecule has 0 aliphatic heterocycles. The average Bonchev–Trinajstić information content (AvgIpc) is 2.36. The molecule has 7 heteroatoms. The number of aliphatic hydroxyl groups is 1. The van der Waals surface area contributed by atoms with E-state index in [-0.39, 0.29) is 18.7 Å². The van der Waals surface area contributed by atoms with Crippen molar-refractivity contribution in [2.24, 2.45) is 0 Å². The highest BCUT2D eigenvalue weighted by molar-refractivity contribution is 5.66. The summed E-state index contributed by atoms with van der Waals surface area (Å²) in [5.41, 5.74) is -0.125. The highest BCUT2D eigenvalue weighted by atomic mass is 16.6. The van der Waals surface area contributed by atoms with Gasteiger partial charge in [0.25, 0.3) is 5.69 Å². The molecule has 0 aliphatic rings. The highest BCUT2D eigenvalue weighted by Crippen LogP contribution is 2.21. The van der Waals surface area contributed by atoms with Gasteiger partial charge in [-0.3, -0.25) is 15.0 Å². The number of nitrogens with zero attached hydrogens (tertiary/aromatic N) is 2. The minimum absolute atomic E-state index is 0.0539. The van der Waals surface area contributed by atoms with Crippen LogP contribution in [-0.2, 0) is 6.42 Å². The van der Waals surface area contributed by atoms with Crippen molar-refractivity contribution in [2.45, 2.75) is 38.8 Å². The zero-order valence-electron chi connectivity index (χ0n) is 12.3. The first-order valence-corrected chi connectivity index (χ1v) is 6.53. The summed E-state index contributed by atoms with van der Waals surface area (Å²) in [6.07, 6.45) is -0.922. The van der Waals surface area contributed by atoms with Crippen LogP contribution >= 0.6 is 0 Å². The maximum absolute atomic E-state index is 11.4. The molecule has 0 aromatic heterocycles. The van der Waals surface area contributed by atoms with Crippen molar-refractivity contribution in [3.63, 3.8) is 0 Å². The second-order valence-corrected chi connectivity index (χ2v) is 5.79. The molecule has 7 nitrogen and oxygen atoms in total. The zero-order valence-corrected chi connectivity index (χ0v) is 12.3. The van der Waals surface area contributed by atoms with Crippen molar-refractivity contribution >= 4 is 11.8 Å². The fourth-order valence-electron chi connectivity index (χ4n) is 2.30. The second kappa shape index (κ2) is 6.53. The molecule has 1 atom stereocenters. The number of nitro groups is 1. The molecule has 0 bridgehead atoms. The molecular weight excluding hydrogens is 276 g/mol. The number of amides is 1. The summed E-state index contributed by atoms with van der Waals surface area (Å²) in [7, 11) is 0. The maximum atomic E-state index is 11.4. The Bertz CT molecular complexity index is 524. The Kier molecular flexibility index (Phi) is 5.26. The summed E-state index contributed by atoms with van der Waals surface area (Å²) in [6, 6.07) is 5.33. The number of nitro benzene ring substituents is 1. The molecule has 0 heterocycles. The van der Waals surface area contributed by atoms with Crippen LogP contribution in [0.5, 0.6) is 0 Å². The van der Waals surface area contributed by atoms with E-state index in [9.17, 15) is 25.1 Å². The molecular formula is C14H20N2O5. The molecule has 1 amide bonds. The lowest BCUT2D eigenvalue weighted by Crippen LogP contribution is -2.53. The van der Waals surface area contributed by atoms with Gasteiger partial charge in [-0.15, -0.1) is 0 Å². The van der Waals surface area contributed by atoms with E-state index in [4.69, 9.17) is 0 Å². The van der Waals surface area contributed by atoms with Crippen molar-refractivity contribution < 1.29 is 19.9 Å². The average molecular weight is 296 g/mol. The van der Waals surface area contributed by atoms with Crippen LogP contribution in [0.1, 0.15) is 26.3 Å². The number of carboxylic acid groups (broad SMARTS) is 1. The summed E-state index contributed by atoms with van der Waals surface area (Å²) in [5.74, 6) is 0. The van der Waals surface area contributed by atoms with Gasteiger partial charge in [0.1, 0.15) is 0 Å². The van der Waals surface area contributed by atoms with E-state index in [1.807, 2.05) is 0 Å². The van der Waals surface area contributed by atoms with Crippen LogP contribution in [0.3, 0.4) is 0 Å². The fourth-order valence-corrected chi connectivity index (χ4v) is 2.30. The fraction of sp³-hybridized carbons (Fsp3) is 0.500. The van der Waals surface area contributed by atoms with Crippen LogP contribution in [-0.4, -0.2) is 44.3 Å². The van der Waals surface area contributed by atoms with E-state index in [0.29, 0.717) is 5.56 Å². The van der Waals surface area contributed by atoms with Gasteiger partial charge in [-0.25, -0.2) is 4.79 Å². The molecule has 0 aliphatic carbocycles. The quantitative estimate of drug-likeness (QED) is 0.640. The Hall–Kier alpha value is -2.15. The van der Waals surface area contributed by atoms with Gasteiger partial charge in [0.15, 0.2) is 0 Å². The number of non-ortho nitro benzene ring substituents is 1. The number of hydrogen-bond donors (Lipinski definition) is 2. The van der Waals surface area contributed by atoms with Gasteiger partial charge in [0.2, 0.25) is 0 Å². The van der Waals surface area contributed by atoms with Crippen molar-refractivity contribution in [2.75, 3.05) is 6.61 Å². The molecule has 1 aromatic rings. The van der Waals surface area contributed by atoms with E-state index in [0.717, 1.165) is 0 Å². The summed E-state index contributed by atoms with van der Waals surface area (Å²) in [6.45, 7) is 4.85. The molecule has 0 saturated carbocycles. The predicted molar refractivity (Wildman–Crippen MR) is 77.3 cm³/mol. The Labute approximate surface area is 123 Å². The molecule has 21 heavy (non-hydrogen) atoms. The number of benzene rings is 1. The first-order chi connectivity index (χ1) is 9.66. The summed E-state index contributed by atoms with van der Waals surface area (Å²) in [5, 5.41) is 29.6. The Balaban J connectivity index is 3.03. The smallest absolute Gasteiger partial charge is 0.408 e. The molecule has 1 rings (SSSR count). The van der Waals surface area contributed by atoms with Crippen molar-refractivity contribution in [1.29, 1.82) is 0 Å². The molecule has 116 valence electrons. The van der Waals surface area contributed by atoms with Crippen molar-refractivity contribution in [3.8, 4) is 0 Å². The number of aliphatic hydroxyl groups excluding tert-OH is 1. The third-order valence-corrected chi connectivity index (χ3v) is 3.10. The predicted octanol–water partition coefficient (Wildman–Crippen LogP) is 2.28. The van der Waals surface area contributed by atoms with Crippen molar-refractivity contribution in [1.82, 2.24) is 4.90 Å². The van der Waals surface area contributed by atoms with Gasteiger partial charge in [-0.2, -0.15) is 0 Å². The Morgan fingerprint density at radius 1 is 1.43 bits per heavy atom. The summed E-state index contributed by atoms with van der Waals surface area (Å²) < 4.78 is 0. The molecule has 2 N–H and O–H groups in total. The number of carbonyl (C=O) groups is 1. The van der Waals surface area contributed by atoms with E-state index in [2.05, 4.69) is 0 Å². The van der Waals surface area contributed by atoms with Crippen LogP contribution in [0.4, 0.5) is 10.5 Å². The monoisotopic (exact) mass is 296 g/mol. The van der Waals surface area contributed by atoms with E-state index in [1.165, 1.54) is 17.0 Å². The molecule has 0 unspecified atom stereocenters. The van der Waals surface area contributed by atoms with E-state index < -0.39 is 22.6 Å². The third-order valence-electron chi connectivity index (χ3n) is 3.10. The molecule has 0 spiro atoms. The van der Waals surface area contributed by atoms with Gasteiger partial charge < -0.3 is 10.2 Å². The lowest BCUT2D eigenvalue weighted by molar-refractivity contribution is -0.384. The van der Waals surface area contributed by atoms with Gasteiger partial charge in [-0.05, 0) is 32.8 Å². The van der Waals surface area contributed by atoms with Gasteiger partial charge in [0.05, 0.1) is 17.6 Å². The van der Waals surface area contributed by atoms with Crippen LogP contribution < -0.4 is 0 Å². The van der Waals surface area contributed by atoms with Gasteiger partial charge in [-0.1, -0.05) is 12.1 Å². The second-order valence-electron chi connectivity index (χ2n) is 5.79. The van der Waals surface area contributed by atoms with Crippen LogP contribution in [0.15, 0.2) is 24.3 Å². The van der Waals surface area contributed by atoms with E-state index in [1.54, 1.807) is 32.9 Å². The standard InChI is InChI=1S/C14H20N2O5/c1-14(2,3)15(13(18)19)12(9-17)8-10-5-4-6-11(7-10)16(20)21/h4-7,12,17H,8-9H2,1-3H3,(H,18,19)/t12-/m0/s1. The lowest BCUT2D eigenvalue weighted by atomic mass is 9.99. The number of rotatable bonds is 5. The maximum Gasteiger partial charge on any atom is 0.408 e. The summed E-state index contributed by atoms with van der Waals surface area (Å²) >= 11 is 0. The van der Waals surface area contributed by atoms with Gasteiger partial charge in [0, 0.05) is 17.7 Å². The van der Waals surface area contributed by atoms with Crippen molar-refractivity contribution in [3.05, 3.63) is 39.9 Å². The summed E-state index contributed by atoms with van der Waals surface area (Å²) in [4.78, 5) is 22.8. The van der Waals surface area contributed by atoms with Gasteiger partial charge >= 0.3 is 6.09 Å². The highest BCUT2D eigenvalue weighted by Gasteiger charge is 2.33. The molecule has 1 aromatic carbocycles. The topological polar surface area (TPSA) is 104 Å². The Morgan fingerprint density at radius 3 is 2.48 bits per heavy atom. The first kappa shape index (κ1) is 16.9. The molecule has 0 radical (unpaired) electrons. The normalized spacial score (nSPS) is 12.8. The minimum atomic E-state index is -1.13. The largest absolute Gasteiger partial charge is 0.465 e. The van der Waals surface area contributed by atoms with Crippen LogP contribution in [0.25, 0.3) is 0 Å². The zero-order chi connectivity index (χ0) is 16.2. The lowest BCUT2D eigenvalue weighted by Gasteiger charge is -2.39. The number of hydrogen-bond acceptors (Lipinski definition) is 4. The third kappa shape index (κ3) is 4.42. The molecule has 0 saturated heterocycles. The van der Waals surface area contributed by atoms with Crippen LogP contribution in [0, 0.1) is 10.1 Å². The minimum Gasteiger partial charge on any atom is -0.465 e. The Morgan fingerprint density at radius 2 is 2.05 bits per heavy atom. The van der Waals surface area contributed by atoms with Crippen LogP contribution in [0.2, 0.25) is 0 Å². The first-order valence-electron chi connectivity index (χ1n) is 6.53. The van der Waals surface area contributed by atoms with E-state index >= 15 is 0 Å². The SMILES string of the molecule is CC(C)(C)N(C(=O)O)[C@H](CO)Cc1cccc([N+](=O)[O-])c1. The molecule has 0 fully saturated rings.